The van der Waals surface area contributed by atoms with Crippen LogP contribution in [0.3, 0.4) is 0 Å². The molecule has 0 bridgehead atoms. The van der Waals surface area contributed by atoms with Crippen LogP contribution in [0.5, 0.6) is 5.75 Å². The third-order valence-corrected chi connectivity index (χ3v) is 6.22. The average Bonchev–Trinajstić information content (AvgIpc) is 2.99. The number of anilines is 1. The number of ketones is 1. The van der Waals surface area contributed by atoms with Crippen molar-refractivity contribution < 1.29 is 24.0 Å². The van der Waals surface area contributed by atoms with Crippen molar-refractivity contribution in [3.05, 3.63) is 131 Å². The fraction of sp³-hybridized carbons (Fsp3) is 0.125. The molecule has 4 aromatic rings. The molecule has 4 rings (SSSR count). The molecule has 0 saturated heterocycles. The summed E-state index contributed by atoms with van der Waals surface area (Å²) in [6, 6.07) is 28.7. The van der Waals surface area contributed by atoms with Crippen LogP contribution >= 0.6 is 0 Å². The number of amides is 1. The molecule has 0 unspecified atom stereocenters. The maximum absolute atomic E-state index is 13.1. The van der Waals surface area contributed by atoms with Crippen LogP contribution in [-0.4, -0.2) is 29.5 Å². The lowest BCUT2D eigenvalue weighted by atomic mass is 10.0. The normalized spacial score (nSPS) is 11.1. The largest absolute Gasteiger partial charge is 0.489 e. The van der Waals surface area contributed by atoms with Gasteiger partial charge in [0.2, 0.25) is 0 Å². The van der Waals surface area contributed by atoms with Gasteiger partial charge < -0.3 is 20.6 Å². The zero-order valence-electron chi connectivity index (χ0n) is 22.4. The van der Waals surface area contributed by atoms with Gasteiger partial charge in [-0.2, -0.15) is 0 Å². The van der Waals surface area contributed by atoms with Crippen LogP contribution in [0.1, 0.15) is 44.3 Å². The van der Waals surface area contributed by atoms with E-state index in [1.54, 1.807) is 48.5 Å². The summed E-state index contributed by atoms with van der Waals surface area (Å²) < 4.78 is 5.84. The van der Waals surface area contributed by atoms with Crippen LogP contribution in [0.4, 0.5) is 5.69 Å². The number of carbonyl (C=O) groups is 3. The number of benzene rings is 4. The first-order valence-electron chi connectivity index (χ1n) is 12.9. The van der Waals surface area contributed by atoms with Crippen molar-refractivity contribution in [1.82, 2.24) is 5.32 Å². The van der Waals surface area contributed by atoms with Gasteiger partial charge in [-0.05, 0) is 66.6 Å². The van der Waals surface area contributed by atoms with Gasteiger partial charge in [0, 0.05) is 23.1 Å². The van der Waals surface area contributed by atoms with Crippen LogP contribution in [0.25, 0.3) is 0 Å². The zero-order valence-corrected chi connectivity index (χ0v) is 22.4. The van der Waals surface area contributed by atoms with Crippen LogP contribution in [0.2, 0.25) is 0 Å². The zero-order chi connectivity index (χ0) is 29.2. The molecule has 0 aliphatic carbocycles. The first kappa shape index (κ1) is 28.6. The Kier molecular flexibility index (Phi) is 9.45. The van der Waals surface area contributed by atoms with E-state index in [0.29, 0.717) is 34.7 Å². The van der Waals surface area contributed by atoms with Crippen molar-refractivity contribution in [3.8, 4) is 5.75 Å². The second kappa shape index (κ2) is 13.6. The number of amidine groups is 1. The first-order valence-corrected chi connectivity index (χ1v) is 12.9. The summed E-state index contributed by atoms with van der Waals surface area (Å²) in [4.78, 5) is 42.9. The minimum absolute atomic E-state index is 0.0795. The Bertz CT molecular complexity index is 1500. The number of nitrogens with two attached hydrogens (primary N) is 1. The summed E-state index contributed by atoms with van der Waals surface area (Å²) in [6.45, 7) is 1.89. The van der Waals surface area contributed by atoms with Gasteiger partial charge in [0.25, 0.3) is 5.91 Å². The summed E-state index contributed by atoms with van der Waals surface area (Å²) in [5, 5.41) is 10.3. The van der Waals surface area contributed by atoms with Gasteiger partial charge in [-0.3, -0.25) is 15.0 Å². The molecule has 0 aromatic heterocycles. The third kappa shape index (κ3) is 8.27. The van der Waals surface area contributed by atoms with E-state index in [9.17, 15) is 14.4 Å². The van der Waals surface area contributed by atoms with Crippen molar-refractivity contribution in [1.29, 1.82) is 5.41 Å². The summed E-state index contributed by atoms with van der Waals surface area (Å²) >= 11 is 0. The van der Waals surface area contributed by atoms with E-state index < -0.39 is 17.9 Å². The Morgan fingerprint density at radius 1 is 0.780 bits per heavy atom. The SMILES string of the molecule is CC(=O)c1ccc(NOC(=O)[C@H](Cc2ccc(OCc3ccccc3)cc2)NC(=O)c2ccc(C(=N)N)cc2)cc1. The molecule has 0 aliphatic heterocycles. The molecule has 41 heavy (non-hydrogen) atoms. The van der Waals surface area contributed by atoms with Crippen molar-refractivity contribution in [2.75, 3.05) is 5.48 Å². The van der Waals surface area contributed by atoms with E-state index in [1.807, 2.05) is 42.5 Å². The Hall–Kier alpha value is -5.44. The summed E-state index contributed by atoms with van der Waals surface area (Å²) in [6.07, 6.45) is 0.153. The van der Waals surface area contributed by atoms with Crippen LogP contribution in [0.15, 0.2) is 103 Å². The maximum atomic E-state index is 13.1. The lowest BCUT2D eigenvalue weighted by molar-refractivity contribution is -0.142. The summed E-state index contributed by atoms with van der Waals surface area (Å²) in [7, 11) is 0. The van der Waals surface area contributed by atoms with Gasteiger partial charge in [0.15, 0.2) is 5.78 Å². The lowest BCUT2D eigenvalue weighted by Gasteiger charge is -2.18. The predicted molar refractivity (Wildman–Crippen MR) is 156 cm³/mol. The quantitative estimate of drug-likeness (QED) is 0.0869. The summed E-state index contributed by atoms with van der Waals surface area (Å²) in [5.74, 6) is -0.724. The lowest BCUT2D eigenvalue weighted by Crippen LogP contribution is -2.44. The van der Waals surface area contributed by atoms with E-state index in [4.69, 9.17) is 20.7 Å². The number of nitrogens with one attached hydrogen (secondary N) is 3. The van der Waals surface area contributed by atoms with Gasteiger partial charge in [-0.15, -0.1) is 0 Å². The standard InChI is InChI=1S/C32H30N4O5/c1-21(37)24-13-15-27(16-14-24)36-41-32(39)29(35-31(38)26-11-9-25(10-12-26)30(33)34)19-22-7-17-28(18-8-22)40-20-23-5-3-2-4-6-23/h2-18,29,36H,19-20H2,1H3,(H3,33,34)(H,35,38)/t29-/m0/s1. The smallest absolute Gasteiger partial charge is 0.354 e. The second-order valence-electron chi connectivity index (χ2n) is 9.30. The maximum Gasteiger partial charge on any atom is 0.354 e. The molecule has 0 spiro atoms. The van der Waals surface area contributed by atoms with E-state index in [-0.39, 0.29) is 18.0 Å². The van der Waals surface area contributed by atoms with E-state index in [2.05, 4.69) is 10.8 Å². The second-order valence-corrected chi connectivity index (χ2v) is 9.30. The van der Waals surface area contributed by atoms with Gasteiger partial charge in [-0.25, -0.2) is 10.3 Å². The Morgan fingerprint density at radius 2 is 1.39 bits per heavy atom. The molecule has 0 aliphatic rings. The Morgan fingerprint density at radius 3 is 2.00 bits per heavy atom. The molecular formula is C32H30N4O5. The summed E-state index contributed by atoms with van der Waals surface area (Å²) in [5.41, 5.74) is 11.7. The Labute approximate surface area is 237 Å². The molecule has 1 amide bonds. The molecule has 0 saturated carbocycles. The Balaban J connectivity index is 1.44. The van der Waals surface area contributed by atoms with E-state index in [1.165, 1.54) is 19.1 Å². The van der Waals surface area contributed by atoms with Gasteiger partial charge in [0.05, 0.1) is 5.69 Å². The molecule has 1 atom stereocenters. The van der Waals surface area contributed by atoms with Crippen molar-refractivity contribution >= 4 is 29.2 Å². The highest BCUT2D eigenvalue weighted by atomic mass is 16.7. The molecule has 0 fully saturated rings. The molecule has 0 heterocycles. The van der Waals surface area contributed by atoms with Crippen molar-refractivity contribution in [3.63, 3.8) is 0 Å². The highest BCUT2D eigenvalue weighted by Crippen LogP contribution is 2.17. The number of Topliss-reactive ketones (excluding diaryl/α,β-unsaturated/α-hetero) is 1. The predicted octanol–water partition coefficient (Wildman–Crippen LogP) is 4.66. The van der Waals surface area contributed by atoms with Crippen LogP contribution in [0, 0.1) is 5.41 Å². The first-order chi connectivity index (χ1) is 19.8. The number of nitrogen functional groups attached to an aromatic ring is 1. The van der Waals surface area contributed by atoms with E-state index in [0.717, 1.165) is 11.1 Å². The molecule has 9 nitrogen and oxygen atoms in total. The van der Waals surface area contributed by atoms with Crippen molar-refractivity contribution in [2.45, 2.75) is 26.0 Å². The molecule has 208 valence electrons. The molecule has 4 aromatic carbocycles. The van der Waals surface area contributed by atoms with Crippen molar-refractivity contribution in [2.24, 2.45) is 5.73 Å². The highest BCUT2D eigenvalue weighted by Gasteiger charge is 2.24. The fourth-order valence-electron chi connectivity index (χ4n) is 3.89. The molecular weight excluding hydrogens is 520 g/mol. The van der Waals surface area contributed by atoms with Gasteiger partial charge >= 0.3 is 5.97 Å². The average molecular weight is 551 g/mol. The molecule has 9 heteroatoms. The molecule has 5 N–H and O–H groups in total. The van der Waals surface area contributed by atoms with Gasteiger partial charge in [0.1, 0.15) is 24.2 Å². The fourth-order valence-corrected chi connectivity index (χ4v) is 3.89. The minimum Gasteiger partial charge on any atom is -0.489 e. The van der Waals surface area contributed by atoms with Crippen LogP contribution < -0.4 is 21.3 Å². The highest BCUT2D eigenvalue weighted by molar-refractivity contribution is 5.99. The number of carbonyl (C=O) groups excluding carboxylic acids is 3. The number of hydrogen-bond donors (Lipinski definition) is 4. The number of rotatable bonds is 12. The third-order valence-electron chi connectivity index (χ3n) is 6.22. The monoisotopic (exact) mass is 550 g/mol. The van der Waals surface area contributed by atoms with E-state index >= 15 is 0 Å². The minimum atomic E-state index is -1.03. The molecule has 0 radical (unpaired) electrons. The topological polar surface area (TPSA) is 144 Å². The van der Waals surface area contributed by atoms with Crippen LogP contribution in [-0.2, 0) is 22.7 Å². The van der Waals surface area contributed by atoms with Gasteiger partial charge in [-0.1, -0.05) is 54.6 Å². The number of hydrogen-bond acceptors (Lipinski definition) is 7. The number of ether oxygens (including phenoxy) is 1.